The fourth-order valence-corrected chi connectivity index (χ4v) is 5.13. The summed E-state index contributed by atoms with van der Waals surface area (Å²) in [5.41, 5.74) is 3.23. The van der Waals surface area contributed by atoms with Crippen LogP contribution in [-0.4, -0.2) is 58.6 Å². The van der Waals surface area contributed by atoms with E-state index >= 15 is 0 Å². The Kier molecular flexibility index (Phi) is 7.95. The number of hydrogen-bond acceptors (Lipinski definition) is 4. The summed E-state index contributed by atoms with van der Waals surface area (Å²) in [7, 11) is 0. The number of para-hydroxylation sites is 1. The molecule has 0 unspecified atom stereocenters. The molecule has 1 aliphatic heterocycles. The van der Waals surface area contributed by atoms with Gasteiger partial charge in [0.2, 0.25) is 0 Å². The monoisotopic (exact) mass is 543 g/mol. The molecule has 200 valence electrons. The molecule has 0 aliphatic carbocycles. The van der Waals surface area contributed by atoms with Crippen LogP contribution in [0.1, 0.15) is 26.4 Å². The summed E-state index contributed by atoms with van der Waals surface area (Å²) >= 11 is 6.19. The Morgan fingerprint density at radius 3 is 2.31 bits per heavy atom. The number of nitrogens with zero attached hydrogens (tertiary/aromatic N) is 3. The summed E-state index contributed by atoms with van der Waals surface area (Å²) in [5, 5.41) is 6.47. The van der Waals surface area contributed by atoms with E-state index in [0.717, 1.165) is 11.1 Å². The Balaban J connectivity index is 1.62. The maximum absolute atomic E-state index is 14.1. The number of amides is 2. The van der Waals surface area contributed by atoms with Gasteiger partial charge in [-0.2, -0.15) is 0 Å². The third-order valence-corrected chi connectivity index (χ3v) is 7.22. The molecule has 0 atom stereocenters. The first-order valence-corrected chi connectivity index (χ1v) is 13.3. The van der Waals surface area contributed by atoms with Crippen molar-refractivity contribution in [3.8, 4) is 16.9 Å². The fraction of sp³-hybridized carbons (Fsp3) is 0.233. The minimum absolute atomic E-state index is 0.112. The number of halogens is 1. The van der Waals surface area contributed by atoms with Crippen LogP contribution in [0.2, 0.25) is 5.02 Å². The molecule has 1 aromatic heterocycles. The van der Waals surface area contributed by atoms with E-state index in [0.29, 0.717) is 53.8 Å². The van der Waals surface area contributed by atoms with E-state index in [2.05, 4.69) is 10.6 Å². The topological polar surface area (TPSA) is 88.4 Å². The van der Waals surface area contributed by atoms with Gasteiger partial charge in [0.05, 0.1) is 22.0 Å². The molecule has 2 N–H and O–H groups in total. The normalized spacial score (nSPS) is 13.3. The van der Waals surface area contributed by atoms with Crippen LogP contribution < -0.4 is 16.3 Å². The number of imidazole rings is 1. The van der Waals surface area contributed by atoms with Gasteiger partial charge >= 0.3 is 5.69 Å². The third-order valence-electron chi connectivity index (χ3n) is 6.89. The minimum Gasteiger partial charge on any atom is -0.350 e. The second kappa shape index (κ2) is 11.7. The third kappa shape index (κ3) is 5.39. The van der Waals surface area contributed by atoms with Gasteiger partial charge in [-0.05, 0) is 30.7 Å². The second-order valence-corrected chi connectivity index (χ2v) is 9.80. The van der Waals surface area contributed by atoms with Crippen molar-refractivity contribution in [2.45, 2.75) is 13.5 Å². The summed E-state index contributed by atoms with van der Waals surface area (Å²) in [5.74, 6) is -0.553. The molecular weight excluding hydrogens is 514 g/mol. The molecular formula is C30H30ClN5O3. The van der Waals surface area contributed by atoms with Crippen molar-refractivity contribution in [2.24, 2.45) is 0 Å². The van der Waals surface area contributed by atoms with Crippen LogP contribution in [0, 0.1) is 6.92 Å². The van der Waals surface area contributed by atoms with Gasteiger partial charge in [-0.25, -0.2) is 4.79 Å². The molecule has 39 heavy (non-hydrogen) atoms. The minimum atomic E-state index is -0.342. The van der Waals surface area contributed by atoms with E-state index in [-0.39, 0.29) is 30.6 Å². The number of hydrogen-bond donors (Lipinski definition) is 2. The largest absolute Gasteiger partial charge is 0.350 e. The SMILES string of the molecule is Cc1ccccc1-n1c(-c2ccccc2)c(C(=O)N2CCNCC2)n(CCNC(=O)c2ccccc2Cl)c1=O. The number of benzene rings is 3. The number of rotatable bonds is 7. The highest BCUT2D eigenvalue weighted by Gasteiger charge is 2.31. The van der Waals surface area contributed by atoms with Gasteiger partial charge in [0, 0.05) is 44.8 Å². The Hall–Kier alpha value is -4.14. The molecule has 1 saturated heterocycles. The Bertz CT molecular complexity index is 1550. The lowest BCUT2D eigenvalue weighted by Gasteiger charge is -2.28. The van der Waals surface area contributed by atoms with Crippen molar-refractivity contribution in [3.63, 3.8) is 0 Å². The fourth-order valence-electron chi connectivity index (χ4n) is 4.91. The lowest BCUT2D eigenvalue weighted by Crippen LogP contribution is -2.47. The maximum Gasteiger partial charge on any atom is 0.333 e. The van der Waals surface area contributed by atoms with Crippen LogP contribution in [0.5, 0.6) is 0 Å². The van der Waals surface area contributed by atoms with Crippen molar-refractivity contribution >= 4 is 23.4 Å². The maximum atomic E-state index is 14.1. The van der Waals surface area contributed by atoms with Gasteiger partial charge in [-0.3, -0.25) is 18.7 Å². The molecule has 1 fully saturated rings. The van der Waals surface area contributed by atoms with Gasteiger partial charge in [0.1, 0.15) is 5.69 Å². The zero-order valence-electron chi connectivity index (χ0n) is 21.7. The molecule has 0 bridgehead atoms. The van der Waals surface area contributed by atoms with Crippen molar-refractivity contribution < 1.29 is 9.59 Å². The van der Waals surface area contributed by atoms with Crippen LogP contribution in [0.3, 0.4) is 0 Å². The van der Waals surface area contributed by atoms with Crippen LogP contribution >= 0.6 is 11.6 Å². The molecule has 9 heteroatoms. The lowest BCUT2D eigenvalue weighted by molar-refractivity contribution is 0.0725. The van der Waals surface area contributed by atoms with Crippen LogP contribution in [0.15, 0.2) is 83.7 Å². The molecule has 3 aromatic carbocycles. The Morgan fingerprint density at radius 1 is 0.923 bits per heavy atom. The predicted molar refractivity (Wildman–Crippen MR) is 153 cm³/mol. The van der Waals surface area contributed by atoms with Gasteiger partial charge in [-0.1, -0.05) is 72.3 Å². The average Bonchev–Trinajstić information content (AvgIpc) is 3.25. The van der Waals surface area contributed by atoms with Crippen LogP contribution in [-0.2, 0) is 6.54 Å². The van der Waals surface area contributed by atoms with Crippen molar-refractivity contribution in [3.05, 3.63) is 111 Å². The number of aromatic nitrogens is 2. The molecule has 8 nitrogen and oxygen atoms in total. The van der Waals surface area contributed by atoms with Gasteiger partial charge in [0.15, 0.2) is 0 Å². The zero-order valence-corrected chi connectivity index (χ0v) is 22.4. The van der Waals surface area contributed by atoms with Gasteiger partial charge in [0.25, 0.3) is 11.8 Å². The number of nitrogens with one attached hydrogen (secondary N) is 2. The Labute approximate surface area is 231 Å². The van der Waals surface area contributed by atoms with Gasteiger partial charge in [-0.15, -0.1) is 0 Å². The van der Waals surface area contributed by atoms with E-state index in [1.807, 2.05) is 61.5 Å². The molecule has 1 aliphatic rings. The Morgan fingerprint density at radius 2 is 1.59 bits per heavy atom. The summed E-state index contributed by atoms with van der Waals surface area (Å²) < 4.78 is 3.11. The highest BCUT2D eigenvalue weighted by atomic mass is 35.5. The molecule has 4 aromatic rings. The zero-order chi connectivity index (χ0) is 27.4. The summed E-state index contributed by atoms with van der Waals surface area (Å²) in [6, 6.07) is 23.9. The smallest absolute Gasteiger partial charge is 0.333 e. The first-order chi connectivity index (χ1) is 19.0. The highest BCUT2D eigenvalue weighted by molar-refractivity contribution is 6.33. The number of carbonyl (C=O) groups excluding carboxylic acids is 2. The standard InChI is InChI=1S/C30H30ClN5O3/c1-21-9-5-8-14-25(21)36-26(22-10-3-2-4-11-22)27(29(38)34-18-15-32-16-19-34)35(30(36)39)20-17-33-28(37)23-12-6-7-13-24(23)31/h2-14,32H,15-20H2,1H3,(H,33,37). The molecule has 2 amide bonds. The van der Waals surface area contributed by atoms with E-state index < -0.39 is 0 Å². The number of carbonyl (C=O) groups is 2. The number of piperazine rings is 1. The van der Waals surface area contributed by atoms with E-state index in [4.69, 9.17) is 11.6 Å². The molecule has 5 rings (SSSR count). The summed E-state index contributed by atoms with van der Waals surface area (Å²) in [6.07, 6.45) is 0. The van der Waals surface area contributed by atoms with Crippen LogP contribution in [0.25, 0.3) is 16.9 Å². The first-order valence-electron chi connectivity index (χ1n) is 13.0. The highest BCUT2D eigenvalue weighted by Crippen LogP contribution is 2.28. The average molecular weight is 544 g/mol. The van der Waals surface area contributed by atoms with Crippen molar-refractivity contribution in [2.75, 3.05) is 32.7 Å². The predicted octanol–water partition coefficient (Wildman–Crippen LogP) is 3.74. The molecule has 2 heterocycles. The van der Waals surface area contributed by atoms with Gasteiger partial charge < -0.3 is 15.5 Å². The molecule has 0 radical (unpaired) electrons. The summed E-state index contributed by atoms with van der Waals surface area (Å²) in [6.45, 7) is 4.64. The van der Waals surface area contributed by atoms with Crippen LogP contribution in [0.4, 0.5) is 0 Å². The quantitative estimate of drug-likeness (QED) is 0.372. The van der Waals surface area contributed by atoms with E-state index in [9.17, 15) is 14.4 Å². The first kappa shape index (κ1) is 26.5. The molecule has 0 spiro atoms. The summed E-state index contributed by atoms with van der Waals surface area (Å²) in [4.78, 5) is 42.8. The van der Waals surface area contributed by atoms with Crippen molar-refractivity contribution in [1.82, 2.24) is 24.7 Å². The second-order valence-electron chi connectivity index (χ2n) is 9.40. The van der Waals surface area contributed by atoms with Crippen molar-refractivity contribution in [1.29, 1.82) is 0 Å². The molecule has 0 saturated carbocycles. The van der Waals surface area contributed by atoms with E-state index in [1.54, 1.807) is 33.7 Å². The lowest BCUT2D eigenvalue weighted by atomic mass is 10.1. The van der Waals surface area contributed by atoms with E-state index in [1.165, 1.54) is 4.57 Å². The number of aryl methyl sites for hydroxylation is 1.